The molecule has 0 aliphatic carbocycles. The van der Waals surface area contributed by atoms with E-state index in [1.54, 1.807) is 12.1 Å². The van der Waals surface area contributed by atoms with Gasteiger partial charge < -0.3 is 14.5 Å². The normalized spacial score (nSPS) is 13.9. The molecule has 1 aromatic heterocycles. The molecule has 7 heteroatoms. The number of benzene rings is 3. The van der Waals surface area contributed by atoms with Gasteiger partial charge >= 0.3 is 0 Å². The smallest absolute Gasteiger partial charge is 0.269 e. The quantitative estimate of drug-likeness (QED) is 0.359. The van der Waals surface area contributed by atoms with Crippen LogP contribution in [0.4, 0.5) is 5.69 Å². The van der Waals surface area contributed by atoms with Crippen LogP contribution in [0.15, 0.2) is 60.7 Å². The molecule has 0 saturated heterocycles. The van der Waals surface area contributed by atoms with Gasteiger partial charge in [0.25, 0.3) is 5.69 Å². The van der Waals surface area contributed by atoms with Crippen molar-refractivity contribution in [3.8, 4) is 45.4 Å². The molecule has 0 radical (unpaired) electrons. The Morgan fingerprint density at radius 1 is 0.812 bits per heavy atom. The maximum atomic E-state index is 11.0. The third-order valence-corrected chi connectivity index (χ3v) is 6.00. The van der Waals surface area contributed by atoms with Gasteiger partial charge in [-0.15, -0.1) is 0 Å². The molecule has 2 aliphatic rings. The van der Waals surface area contributed by atoms with Gasteiger partial charge in [0, 0.05) is 41.7 Å². The molecular weight excluding hydrogens is 406 g/mol. The van der Waals surface area contributed by atoms with Crippen LogP contribution in [0.25, 0.3) is 33.9 Å². The molecule has 7 nitrogen and oxygen atoms in total. The number of nitrogens with zero attached hydrogens (tertiary/aromatic N) is 2. The van der Waals surface area contributed by atoms with Crippen molar-refractivity contribution < 1.29 is 14.4 Å². The maximum Gasteiger partial charge on any atom is 0.269 e. The minimum absolute atomic E-state index is 0.0537. The van der Waals surface area contributed by atoms with Crippen LogP contribution in [0.5, 0.6) is 11.5 Å². The lowest BCUT2D eigenvalue weighted by Crippen LogP contribution is -1.88. The van der Waals surface area contributed by atoms with E-state index < -0.39 is 4.92 Å². The summed E-state index contributed by atoms with van der Waals surface area (Å²) in [6.07, 6.45) is 1.77. The van der Waals surface area contributed by atoms with E-state index in [9.17, 15) is 10.1 Å². The number of nitro benzene ring substituents is 1. The van der Waals surface area contributed by atoms with E-state index in [2.05, 4.69) is 17.1 Å². The first-order valence-corrected chi connectivity index (χ1v) is 10.5. The molecule has 3 aromatic carbocycles. The topological polar surface area (TPSA) is 90.3 Å². The summed E-state index contributed by atoms with van der Waals surface area (Å²) in [6, 6.07) is 18.8. The number of aromatic nitrogens is 2. The Labute approximate surface area is 183 Å². The molecule has 0 amide bonds. The Morgan fingerprint density at radius 3 is 2.06 bits per heavy atom. The monoisotopic (exact) mass is 425 g/mol. The number of nitro groups is 1. The summed E-state index contributed by atoms with van der Waals surface area (Å²) in [6.45, 7) is 1.40. The Bertz CT molecular complexity index is 1280. The van der Waals surface area contributed by atoms with Crippen molar-refractivity contribution in [1.29, 1.82) is 0 Å². The Kier molecular flexibility index (Phi) is 4.21. The third kappa shape index (κ3) is 3.10. The van der Waals surface area contributed by atoms with Gasteiger partial charge in [-0.1, -0.05) is 0 Å². The zero-order chi connectivity index (χ0) is 21.7. The van der Waals surface area contributed by atoms with E-state index in [1.807, 2.05) is 24.3 Å². The lowest BCUT2D eigenvalue weighted by molar-refractivity contribution is -0.384. The van der Waals surface area contributed by atoms with E-state index in [4.69, 9.17) is 14.5 Å². The average molecular weight is 425 g/mol. The third-order valence-electron chi connectivity index (χ3n) is 6.00. The van der Waals surface area contributed by atoms with Crippen LogP contribution < -0.4 is 9.47 Å². The predicted octanol–water partition coefficient (Wildman–Crippen LogP) is 5.19. The van der Waals surface area contributed by atoms with E-state index >= 15 is 0 Å². The summed E-state index contributed by atoms with van der Waals surface area (Å²) in [5.41, 5.74) is 6.99. The van der Waals surface area contributed by atoms with Gasteiger partial charge in [-0.3, -0.25) is 10.1 Å². The van der Waals surface area contributed by atoms with Gasteiger partial charge in [0.2, 0.25) is 0 Å². The number of aromatic amines is 1. The molecule has 2 aliphatic heterocycles. The van der Waals surface area contributed by atoms with Gasteiger partial charge in [0.05, 0.1) is 29.5 Å². The summed E-state index contributed by atoms with van der Waals surface area (Å²) in [4.78, 5) is 19.0. The zero-order valence-corrected chi connectivity index (χ0v) is 17.1. The minimum atomic E-state index is -0.401. The lowest BCUT2D eigenvalue weighted by atomic mass is 10.0. The molecule has 0 bridgehead atoms. The molecule has 0 saturated carbocycles. The summed E-state index contributed by atoms with van der Waals surface area (Å²) in [5.74, 6) is 2.52. The Hall–Kier alpha value is -4.13. The standard InChI is InChI=1S/C25H19N3O4/c29-28(30)20-5-1-15(2-6-20)25-26-23(18-3-7-21-16(13-18)9-11-31-21)24(27-25)19-4-8-22-17(14-19)10-12-32-22/h1-8,13-14H,9-12H2,(H,26,27). The SMILES string of the molecule is O=[N+]([O-])c1ccc(-c2nc(-c3ccc4c(c3)CCO4)c(-c3ccc4c(c3)CCO4)[nH]2)cc1. The number of hydrogen-bond acceptors (Lipinski definition) is 5. The maximum absolute atomic E-state index is 11.0. The summed E-state index contributed by atoms with van der Waals surface area (Å²) >= 11 is 0. The molecule has 0 atom stereocenters. The van der Waals surface area contributed by atoms with Gasteiger partial charge in [-0.05, 0) is 59.7 Å². The number of non-ortho nitro benzene ring substituents is 1. The molecule has 0 fully saturated rings. The lowest BCUT2D eigenvalue weighted by Gasteiger charge is -2.07. The second-order valence-corrected chi connectivity index (χ2v) is 7.95. The van der Waals surface area contributed by atoms with E-state index in [0.717, 1.165) is 52.4 Å². The van der Waals surface area contributed by atoms with E-state index in [-0.39, 0.29) is 5.69 Å². The van der Waals surface area contributed by atoms with Crippen LogP contribution in [0.3, 0.4) is 0 Å². The van der Waals surface area contributed by atoms with E-state index in [0.29, 0.717) is 19.0 Å². The molecule has 32 heavy (non-hydrogen) atoms. The van der Waals surface area contributed by atoms with Crippen molar-refractivity contribution in [3.05, 3.63) is 81.9 Å². The zero-order valence-electron chi connectivity index (χ0n) is 17.1. The van der Waals surface area contributed by atoms with Crippen molar-refractivity contribution in [2.75, 3.05) is 13.2 Å². The van der Waals surface area contributed by atoms with Crippen LogP contribution in [-0.4, -0.2) is 28.1 Å². The highest BCUT2D eigenvalue weighted by Crippen LogP contribution is 2.38. The van der Waals surface area contributed by atoms with Crippen molar-refractivity contribution >= 4 is 5.69 Å². The molecule has 0 spiro atoms. The highest BCUT2D eigenvalue weighted by atomic mass is 16.6. The Morgan fingerprint density at radius 2 is 1.41 bits per heavy atom. The minimum Gasteiger partial charge on any atom is -0.493 e. The Balaban J connectivity index is 1.49. The van der Waals surface area contributed by atoms with Crippen molar-refractivity contribution in [3.63, 3.8) is 0 Å². The van der Waals surface area contributed by atoms with Gasteiger partial charge in [-0.25, -0.2) is 4.98 Å². The van der Waals surface area contributed by atoms with Crippen LogP contribution in [0.1, 0.15) is 11.1 Å². The number of rotatable bonds is 4. The number of hydrogen-bond donors (Lipinski definition) is 1. The highest BCUT2D eigenvalue weighted by molar-refractivity contribution is 5.82. The molecule has 158 valence electrons. The second kappa shape index (κ2) is 7.23. The molecule has 1 N–H and O–H groups in total. The fourth-order valence-corrected chi connectivity index (χ4v) is 4.34. The summed E-state index contributed by atoms with van der Waals surface area (Å²) in [7, 11) is 0. The van der Waals surface area contributed by atoms with Crippen LogP contribution >= 0.6 is 0 Å². The van der Waals surface area contributed by atoms with Crippen LogP contribution in [-0.2, 0) is 12.8 Å². The first kappa shape index (κ1) is 18.6. The predicted molar refractivity (Wildman–Crippen MR) is 120 cm³/mol. The van der Waals surface area contributed by atoms with Crippen molar-refractivity contribution in [1.82, 2.24) is 9.97 Å². The molecule has 3 heterocycles. The van der Waals surface area contributed by atoms with Gasteiger partial charge in [0.15, 0.2) is 0 Å². The molecule has 4 aromatic rings. The summed E-state index contributed by atoms with van der Waals surface area (Å²) < 4.78 is 11.3. The molecular formula is C25H19N3O4. The first-order valence-electron chi connectivity index (χ1n) is 10.5. The van der Waals surface area contributed by atoms with Crippen LogP contribution in [0, 0.1) is 10.1 Å². The molecule has 6 rings (SSSR count). The van der Waals surface area contributed by atoms with Gasteiger partial charge in [0.1, 0.15) is 17.3 Å². The first-order chi connectivity index (χ1) is 15.7. The number of imidazole rings is 1. The van der Waals surface area contributed by atoms with E-state index in [1.165, 1.54) is 23.3 Å². The van der Waals surface area contributed by atoms with Crippen molar-refractivity contribution in [2.45, 2.75) is 12.8 Å². The van der Waals surface area contributed by atoms with Gasteiger partial charge in [-0.2, -0.15) is 0 Å². The molecule has 0 unspecified atom stereocenters. The summed E-state index contributed by atoms with van der Waals surface area (Å²) in [5, 5.41) is 11.0. The fraction of sp³-hybridized carbons (Fsp3) is 0.160. The number of nitrogens with one attached hydrogen (secondary N) is 1. The second-order valence-electron chi connectivity index (χ2n) is 7.95. The highest BCUT2D eigenvalue weighted by Gasteiger charge is 2.21. The largest absolute Gasteiger partial charge is 0.493 e. The average Bonchev–Trinajstić information content (AvgIpc) is 3.57. The number of ether oxygens (including phenoxy) is 2. The van der Waals surface area contributed by atoms with Crippen LogP contribution in [0.2, 0.25) is 0 Å². The van der Waals surface area contributed by atoms with Crippen molar-refractivity contribution in [2.24, 2.45) is 0 Å². The number of H-pyrrole nitrogens is 1. The number of fused-ring (bicyclic) bond motifs is 2. The fourth-order valence-electron chi connectivity index (χ4n) is 4.34.